The predicted octanol–water partition coefficient (Wildman–Crippen LogP) is 3.56. The van der Waals surface area contributed by atoms with Crippen molar-refractivity contribution in [1.82, 2.24) is 24.9 Å². The Morgan fingerprint density at radius 1 is 1.19 bits per heavy atom. The lowest BCUT2D eigenvalue weighted by Gasteiger charge is -2.08. The number of hydrogen-bond acceptors (Lipinski definition) is 12. The summed E-state index contributed by atoms with van der Waals surface area (Å²) >= 11 is 1.25. The molecule has 0 amide bonds. The minimum Gasteiger partial charge on any atom is -0.492 e. The second-order valence-corrected chi connectivity index (χ2v) is 10.1. The Morgan fingerprint density at radius 3 is 2.71 bits per heavy atom. The number of carboxylic acids is 1. The molecular weight excluding hydrogens is 564 g/mol. The molecular formula is C27H30N8O6S. The Labute approximate surface area is 245 Å². The van der Waals surface area contributed by atoms with E-state index in [1.165, 1.54) is 29.5 Å². The van der Waals surface area contributed by atoms with Crippen molar-refractivity contribution in [3.05, 3.63) is 81.5 Å². The number of rotatable bonds is 16. The van der Waals surface area contributed by atoms with Gasteiger partial charge in [-0.15, -0.1) is 16.4 Å². The van der Waals surface area contributed by atoms with Crippen LogP contribution in [0.25, 0.3) is 11.3 Å². The third-order valence-corrected chi connectivity index (χ3v) is 6.59. The number of carbonyl (C=O) groups is 1. The lowest BCUT2D eigenvalue weighted by molar-refractivity contribution is -0.385. The Balaban J connectivity index is 1.27. The van der Waals surface area contributed by atoms with E-state index in [9.17, 15) is 20.0 Å². The third kappa shape index (κ3) is 8.89. The van der Waals surface area contributed by atoms with Crippen LogP contribution in [0.1, 0.15) is 11.3 Å². The molecule has 0 aliphatic heterocycles. The van der Waals surface area contributed by atoms with Crippen molar-refractivity contribution in [3.8, 4) is 17.0 Å². The maximum atomic E-state index is 11.7. The Bertz CT molecular complexity index is 1520. The second kappa shape index (κ2) is 14.8. The molecule has 4 aromatic rings. The van der Waals surface area contributed by atoms with Crippen molar-refractivity contribution in [2.24, 2.45) is 5.10 Å². The zero-order valence-electron chi connectivity index (χ0n) is 23.0. The summed E-state index contributed by atoms with van der Waals surface area (Å²) in [5, 5.41) is 35.1. The molecule has 2 aromatic heterocycles. The highest BCUT2D eigenvalue weighted by atomic mass is 32.1. The SMILES string of the molecule is CN(C)CCOCc1cn(CCOc2ccc(-c3csc(N/N=C(/Cc4ccccc4[N+](=O)[O-])C(=O)O)n3)cc2)nn1. The number of nitro groups is 1. The van der Waals surface area contributed by atoms with Crippen LogP contribution < -0.4 is 10.2 Å². The Kier molecular flexibility index (Phi) is 10.6. The summed E-state index contributed by atoms with van der Waals surface area (Å²) in [4.78, 5) is 28.9. The number of carboxylic acid groups (broad SMARTS) is 1. The molecule has 4 rings (SSSR count). The molecule has 0 fully saturated rings. The third-order valence-electron chi connectivity index (χ3n) is 5.84. The number of hydrogen-bond donors (Lipinski definition) is 2. The number of anilines is 1. The van der Waals surface area contributed by atoms with Gasteiger partial charge in [0.15, 0.2) is 0 Å². The summed E-state index contributed by atoms with van der Waals surface area (Å²) in [5.74, 6) is -0.604. The van der Waals surface area contributed by atoms with Crippen molar-refractivity contribution in [1.29, 1.82) is 0 Å². The maximum absolute atomic E-state index is 11.7. The van der Waals surface area contributed by atoms with Gasteiger partial charge in [-0.05, 0) is 38.4 Å². The van der Waals surface area contributed by atoms with Gasteiger partial charge in [0, 0.05) is 35.5 Å². The van der Waals surface area contributed by atoms with Crippen molar-refractivity contribution in [2.75, 3.05) is 39.3 Å². The topological polar surface area (TPSA) is 170 Å². The predicted molar refractivity (Wildman–Crippen MR) is 157 cm³/mol. The van der Waals surface area contributed by atoms with E-state index in [4.69, 9.17) is 9.47 Å². The van der Waals surface area contributed by atoms with E-state index < -0.39 is 10.9 Å². The molecule has 14 nitrogen and oxygen atoms in total. The number of benzene rings is 2. The zero-order chi connectivity index (χ0) is 29.9. The van der Waals surface area contributed by atoms with Gasteiger partial charge in [0.2, 0.25) is 5.13 Å². The molecule has 42 heavy (non-hydrogen) atoms. The van der Waals surface area contributed by atoms with Gasteiger partial charge in [0.1, 0.15) is 23.8 Å². The van der Waals surface area contributed by atoms with Crippen LogP contribution in [0, 0.1) is 10.1 Å². The highest BCUT2D eigenvalue weighted by molar-refractivity contribution is 7.14. The number of para-hydroxylation sites is 1. The lowest BCUT2D eigenvalue weighted by atomic mass is 10.1. The van der Waals surface area contributed by atoms with Crippen LogP contribution in [-0.2, 0) is 29.1 Å². The van der Waals surface area contributed by atoms with Crippen LogP contribution in [0.15, 0.2) is 65.2 Å². The Morgan fingerprint density at radius 2 is 1.98 bits per heavy atom. The molecule has 0 unspecified atom stereocenters. The van der Waals surface area contributed by atoms with E-state index >= 15 is 0 Å². The monoisotopic (exact) mass is 594 g/mol. The van der Waals surface area contributed by atoms with Gasteiger partial charge in [0.05, 0.1) is 36.6 Å². The molecule has 0 atom stereocenters. The first kappa shape index (κ1) is 30.2. The molecule has 220 valence electrons. The number of ether oxygens (including phenoxy) is 2. The van der Waals surface area contributed by atoms with Crippen molar-refractivity contribution in [3.63, 3.8) is 0 Å². The fourth-order valence-corrected chi connectivity index (χ4v) is 4.33. The van der Waals surface area contributed by atoms with Crippen molar-refractivity contribution in [2.45, 2.75) is 19.6 Å². The van der Waals surface area contributed by atoms with E-state index in [-0.39, 0.29) is 23.4 Å². The van der Waals surface area contributed by atoms with Gasteiger partial charge in [-0.2, -0.15) is 5.10 Å². The summed E-state index contributed by atoms with van der Waals surface area (Å²) in [6, 6.07) is 13.4. The summed E-state index contributed by atoms with van der Waals surface area (Å²) in [6.07, 6.45) is 1.62. The van der Waals surface area contributed by atoms with Crippen LogP contribution in [-0.4, -0.2) is 80.4 Å². The number of thiazole rings is 1. The van der Waals surface area contributed by atoms with E-state index in [2.05, 4.69) is 25.8 Å². The fraction of sp³-hybridized carbons (Fsp3) is 0.296. The van der Waals surface area contributed by atoms with E-state index in [1.54, 1.807) is 10.7 Å². The van der Waals surface area contributed by atoms with Crippen LogP contribution in [0.3, 0.4) is 0 Å². The number of aromatic nitrogens is 4. The lowest BCUT2D eigenvalue weighted by Crippen LogP contribution is -2.18. The fourth-order valence-electron chi connectivity index (χ4n) is 3.67. The normalized spacial score (nSPS) is 11.5. The largest absolute Gasteiger partial charge is 0.492 e. The number of nitro benzene ring substituents is 1. The van der Waals surface area contributed by atoms with Crippen LogP contribution >= 0.6 is 11.3 Å². The van der Waals surface area contributed by atoms with Crippen LogP contribution in [0.4, 0.5) is 10.8 Å². The van der Waals surface area contributed by atoms with Crippen LogP contribution in [0.2, 0.25) is 0 Å². The minimum absolute atomic E-state index is 0.167. The van der Waals surface area contributed by atoms with Crippen molar-refractivity contribution < 1.29 is 24.3 Å². The quantitative estimate of drug-likeness (QED) is 0.0841. The molecule has 0 bridgehead atoms. The molecule has 15 heteroatoms. The Hall–Kier alpha value is -4.73. The van der Waals surface area contributed by atoms with Gasteiger partial charge < -0.3 is 19.5 Å². The average Bonchev–Trinajstić information content (AvgIpc) is 3.63. The molecule has 0 radical (unpaired) electrons. The number of likely N-dealkylation sites (N-methyl/N-ethyl adjacent to an activating group) is 1. The van der Waals surface area contributed by atoms with Gasteiger partial charge in [-0.3, -0.25) is 15.5 Å². The smallest absolute Gasteiger partial charge is 0.352 e. The van der Waals surface area contributed by atoms with Gasteiger partial charge >= 0.3 is 5.97 Å². The van der Waals surface area contributed by atoms with Crippen LogP contribution in [0.5, 0.6) is 5.75 Å². The van der Waals surface area contributed by atoms with E-state index in [0.717, 1.165) is 17.8 Å². The number of nitrogens with zero attached hydrogens (tertiary/aromatic N) is 7. The minimum atomic E-state index is -1.29. The first-order valence-corrected chi connectivity index (χ1v) is 13.7. The molecule has 0 aliphatic carbocycles. The number of aliphatic carboxylic acids is 1. The summed E-state index contributed by atoms with van der Waals surface area (Å²) < 4.78 is 13.1. The molecule has 0 spiro atoms. The summed E-state index contributed by atoms with van der Waals surface area (Å²) in [7, 11) is 3.98. The van der Waals surface area contributed by atoms with E-state index in [1.807, 2.05) is 54.8 Å². The summed E-state index contributed by atoms with van der Waals surface area (Å²) in [6.45, 7) is 2.82. The standard InChI is InChI=1S/C27H30N8O6S/c1-33(2)11-13-40-17-21-16-34(32-29-21)12-14-41-22-9-7-19(8-10-22)24-18-42-27(28-24)31-30-23(26(36)37)15-20-5-3-4-6-25(20)35(38)39/h3-10,16,18H,11-15,17H2,1-2H3,(H,28,31)(H,36,37)/b30-23-. The molecule has 0 saturated heterocycles. The highest BCUT2D eigenvalue weighted by Gasteiger charge is 2.19. The van der Waals surface area contributed by atoms with E-state index in [0.29, 0.717) is 42.9 Å². The van der Waals surface area contributed by atoms with Gasteiger partial charge in [-0.1, -0.05) is 23.4 Å². The first-order valence-electron chi connectivity index (χ1n) is 12.9. The molecule has 0 saturated carbocycles. The average molecular weight is 595 g/mol. The number of nitrogens with one attached hydrogen (secondary N) is 1. The highest BCUT2D eigenvalue weighted by Crippen LogP contribution is 2.27. The second-order valence-electron chi connectivity index (χ2n) is 9.28. The molecule has 2 aromatic carbocycles. The molecule has 0 aliphatic rings. The van der Waals surface area contributed by atoms with Crippen molar-refractivity contribution >= 4 is 33.8 Å². The zero-order valence-corrected chi connectivity index (χ0v) is 23.9. The summed E-state index contributed by atoms with van der Waals surface area (Å²) in [5.41, 5.74) is 4.73. The first-order chi connectivity index (χ1) is 20.3. The molecule has 2 N–H and O–H groups in total. The number of hydrazone groups is 1. The van der Waals surface area contributed by atoms with Gasteiger partial charge in [0.25, 0.3) is 5.69 Å². The van der Waals surface area contributed by atoms with Gasteiger partial charge in [-0.25, -0.2) is 14.5 Å². The molecule has 2 heterocycles. The maximum Gasteiger partial charge on any atom is 0.352 e.